The standard InChI is InChI=1S/C16H17N3O5/c1-21-15-5-2-11(9-18-15)19-16(20)17-6-7-22-12-3-4-13-14(8-12)24-10-23-13/h2-5,8-9H,6-7,10H2,1H3,(H2,17,19,20). The number of fused-ring (bicyclic) bond motifs is 1. The van der Waals surface area contributed by atoms with Crippen LogP contribution in [-0.4, -0.2) is 38.1 Å². The van der Waals surface area contributed by atoms with E-state index in [1.165, 1.54) is 13.3 Å². The summed E-state index contributed by atoms with van der Waals surface area (Å²) >= 11 is 0. The van der Waals surface area contributed by atoms with E-state index in [4.69, 9.17) is 18.9 Å². The topological polar surface area (TPSA) is 90.9 Å². The molecular weight excluding hydrogens is 314 g/mol. The number of ether oxygens (including phenoxy) is 4. The summed E-state index contributed by atoms with van der Waals surface area (Å²) < 4.78 is 21.0. The van der Waals surface area contributed by atoms with E-state index < -0.39 is 0 Å². The minimum atomic E-state index is -0.337. The van der Waals surface area contributed by atoms with E-state index in [-0.39, 0.29) is 12.8 Å². The molecular formula is C16H17N3O5. The first-order valence-corrected chi connectivity index (χ1v) is 7.32. The number of amides is 2. The first kappa shape index (κ1) is 15.7. The van der Waals surface area contributed by atoms with Crippen LogP contribution in [0.5, 0.6) is 23.1 Å². The molecule has 2 amide bonds. The molecule has 0 fully saturated rings. The third-order valence-electron chi connectivity index (χ3n) is 3.20. The van der Waals surface area contributed by atoms with E-state index in [1.54, 1.807) is 30.3 Å². The number of carbonyl (C=O) groups is 1. The van der Waals surface area contributed by atoms with Crippen molar-refractivity contribution in [3.63, 3.8) is 0 Å². The molecule has 24 heavy (non-hydrogen) atoms. The quantitative estimate of drug-likeness (QED) is 0.787. The van der Waals surface area contributed by atoms with Crippen LogP contribution >= 0.6 is 0 Å². The lowest BCUT2D eigenvalue weighted by Crippen LogP contribution is -2.32. The normalized spacial score (nSPS) is 11.7. The summed E-state index contributed by atoms with van der Waals surface area (Å²) in [5, 5.41) is 5.36. The maximum atomic E-state index is 11.8. The lowest BCUT2D eigenvalue weighted by atomic mass is 10.3. The average molecular weight is 331 g/mol. The summed E-state index contributed by atoms with van der Waals surface area (Å²) in [5.41, 5.74) is 0.574. The largest absolute Gasteiger partial charge is 0.492 e. The zero-order valence-corrected chi connectivity index (χ0v) is 13.1. The zero-order valence-electron chi connectivity index (χ0n) is 13.1. The van der Waals surface area contributed by atoms with Gasteiger partial charge in [-0.1, -0.05) is 0 Å². The van der Waals surface area contributed by atoms with Crippen molar-refractivity contribution in [3.05, 3.63) is 36.5 Å². The Hall–Kier alpha value is -3.16. The minimum Gasteiger partial charge on any atom is -0.492 e. The van der Waals surface area contributed by atoms with Crippen LogP contribution in [0.15, 0.2) is 36.5 Å². The molecule has 2 aromatic rings. The molecule has 1 aromatic carbocycles. The predicted molar refractivity (Wildman–Crippen MR) is 85.9 cm³/mol. The molecule has 0 saturated heterocycles. The van der Waals surface area contributed by atoms with Crippen LogP contribution in [0.4, 0.5) is 10.5 Å². The molecule has 126 valence electrons. The number of aromatic nitrogens is 1. The zero-order chi connectivity index (χ0) is 16.8. The van der Waals surface area contributed by atoms with E-state index in [9.17, 15) is 4.79 Å². The van der Waals surface area contributed by atoms with E-state index >= 15 is 0 Å². The van der Waals surface area contributed by atoms with Crippen LogP contribution in [0.3, 0.4) is 0 Å². The molecule has 8 nitrogen and oxygen atoms in total. The molecule has 1 aliphatic rings. The first-order chi connectivity index (χ1) is 11.7. The Morgan fingerprint density at radius 3 is 2.92 bits per heavy atom. The smallest absolute Gasteiger partial charge is 0.319 e. The highest BCUT2D eigenvalue weighted by Crippen LogP contribution is 2.34. The Labute approximate surface area is 138 Å². The second kappa shape index (κ2) is 7.40. The van der Waals surface area contributed by atoms with Gasteiger partial charge in [-0.15, -0.1) is 0 Å². The number of nitrogens with zero attached hydrogens (tertiary/aromatic N) is 1. The van der Waals surface area contributed by atoms with Crippen molar-refractivity contribution in [1.29, 1.82) is 0 Å². The van der Waals surface area contributed by atoms with Crippen LogP contribution in [-0.2, 0) is 0 Å². The van der Waals surface area contributed by atoms with Gasteiger partial charge >= 0.3 is 6.03 Å². The molecule has 3 rings (SSSR count). The fraction of sp³-hybridized carbons (Fsp3) is 0.250. The van der Waals surface area contributed by atoms with Crippen molar-refractivity contribution in [3.8, 4) is 23.1 Å². The number of benzene rings is 1. The summed E-state index contributed by atoms with van der Waals surface area (Å²) in [6.45, 7) is 0.901. The molecule has 1 aliphatic heterocycles. The van der Waals surface area contributed by atoms with Crippen molar-refractivity contribution in [2.75, 3.05) is 32.4 Å². The van der Waals surface area contributed by atoms with Gasteiger partial charge in [-0.05, 0) is 18.2 Å². The van der Waals surface area contributed by atoms with Crippen LogP contribution in [0, 0.1) is 0 Å². The third kappa shape index (κ3) is 3.97. The maximum absolute atomic E-state index is 11.8. The van der Waals surface area contributed by atoms with E-state index in [0.717, 1.165) is 0 Å². The number of pyridine rings is 1. The van der Waals surface area contributed by atoms with Gasteiger partial charge in [-0.2, -0.15) is 0 Å². The van der Waals surface area contributed by atoms with Crippen LogP contribution in [0.25, 0.3) is 0 Å². The van der Waals surface area contributed by atoms with E-state index in [0.29, 0.717) is 42.0 Å². The second-order valence-electron chi connectivity index (χ2n) is 4.83. The van der Waals surface area contributed by atoms with Crippen LogP contribution in [0.2, 0.25) is 0 Å². The molecule has 0 spiro atoms. The van der Waals surface area contributed by atoms with Crippen LogP contribution in [0.1, 0.15) is 0 Å². The number of urea groups is 1. The molecule has 0 aliphatic carbocycles. The number of hydrogen-bond acceptors (Lipinski definition) is 6. The fourth-order valence-corrected chi connectivity index (χ4v) is 2.05. The monoisotopic (exact) mass is 331 g/mol. The van der Waals surface area contributed by atoms with Gasteiger partial charge in [0.25, 0.3) is 0 Å². The van der Waals surface area contributed by atoms with Gasteiger partial charge in [0.1, 0.15) is 12.4 Å². The molecule has 0 atom stereocenters. The number of rotatable bonds is 6. The molecule has 0 radical (unpaired) electrons. The number of nitrogens with one attached hydrogen (secondary N) is 2. The molecule has 0 saturated carbocycles. The Kier molecular flexibility index (Phi) is 4.85. The van der Waals surface area contributed by atoms with Gasteiger partial charge in [0.2, 0.25) is 12.7 Å². The highest BCUT2D eigenvalue weighted by Gasteiger charge is 2.13. The van der Waals surface area contributed by atoms with Gasteiger partial charge < -0.3 is 29.6 Å². The summed E-state index contributed by atoms with van der Waals surface area (Å²) in [6.07, 6.45) is 1.52. The van der Waals surface area contributed by atoms with Gasteiger partial charge in [-0.3, -0.25) is 0 Å². The highest BCUT2D eigenvalue weighted by molar-refractivity contribution is 5.88. The minimum absolute atomic E-state index is 0.223. The van der Waals surface area contributed by atoms with Gasteiger partial charge in [0.05, 0.1) is 25.5 Å². The molecule has 0 unspecified atom stereocenters. The lowest BCUT2D eigenvalue weighted by Gasteiger charge is -2.09. The predicted octanol–water partition coefficient (Wildman–Crippen LogP) is 2.02. The lowest BCUT2D eigenvalue weighted by molar-refractivity contribution is 0.173. The summed E-state index contributed by atoms with van der Waals surface area (Å²) in [6, 6.07) is 8.36. The fourth-order valence-electron chi connectivity index (χ4n) is 2.05. The Morgan fingerprint density at radius 2 is 2.12 bits per heavy atom. The van der Waals surface area contributed by atoms with Gasteiger partial charge in [0.15, 0.2) is 11.5 Å². The summed E-state index contributed by atoms with van der Waals surface area (Å²) in [7, 11) is 1.53. The third-order valence-corrected chi connectivity index (χ3v) is 3.20. The number of hydrogen-bond donors (Lipinski definition) is 2. The molecule has 0 bridgehead atoms. The maximum Gasteiger partial charge on any atom is 0.319 e. The molecule has 2 N–H and O–H groups in total. The van der Waals surface area contributed by atoms with E-state index in [2.05, 4.69) is 15.6 Å². The molecule has 8 heteroatoms. The van der Waals surface area contributed by atoms with Crippen molar-refractivity contribution < 1.29 is 23.7 Å². The Balaban J connectivity index is 1.38. The van der Waals surface area contributed by atoms with Crippen molar-refractivity contribution >= 4 is 11.7 Å². The average Bonchev–Trinajstić information content (AvgIpc) is 3.07. The van der Waals surface area contributed by atoms with Crippen molar-refractivity contribution in [2.24, 2.45) is 0 Å². The van der Waals surface area contributed by atoms with Crippen LogP contribution < -0.4 is 29.6 Å². The number of carbonyl (C=O) groups excluding carboxylic acids is 1. The molecule has 1 aromatic heterocycles. The number of methoxy groups -OCH3 is 1. The highest BCUT2D eigenvalue weighted by atomic mass is 16.7. The van der Waals surface area contributed by atoms with Gasteiger partial charge in [0, 0.05) is 12.1 Å². The van der Waals surface area contributed by atoms with Gasteiger partial charge in [-0.25, -0.2) is 9.78 Å². The Morgan fingerprint density at radius 1 is 1.25 bits per heavy atom. The summed E-state index contributed by atoms with van der Waals surface area (Å²) in [5.74, 6) is 2.50. The van der Waals surface area contributed by atoms with E-state index in [1.807, 2.05) is 0 Å². The SMILES string of the molecule is COc1ccc(NC(=O)NCCOc2ccc3c(c2)OCO3)cn1. The number of anilines is 1. The summed E-state index contributed by atoms with van der Waals surface area (Å²) in [4.78, 5) is 15.8. The Bertz CT molecular complexity index is 705. The van der Waals surface area contributed by atoms with Crippen molar-refractivity contribution in [2.45, 2.75) is 0 Å². The second-order valence-corrected chi connectivity index (χ2v) is 4.83. The van der Waals surface area contributed by atoms with Crippen molar-refractivity contribution in [1.82, 2.24) is 10.3 Å². The first-order valence-electron chi connectivity index (χ1n) is 7.32. The molecule has 2 heterocycles.